The molecule has 6 nitrogen and oxygen atoms in total. The first-order chi connectivity index (χ1) is 11.9. The number of amides is 2. The zero-order valence-corrected chi connectivity index (χ0v) is 15.4. The van der Waals surface area contributed by atoms with E-state index in [9.17, 15) is 14.4 Å². The molecule has 0 spiro atoms. The zero-order chi connectivity index (χ0) is 18.0. The van der Waals surface area contributed by atoms with Crippen LogP contribution in [-0.4, -0.2) is 48.4 Å². The van der Waals surface area contributed by atoms with Crippen LogP contribution in [0, 0.1) is 17.8 Å². The second-order valence-corrected chi connectivity index (χ2v) is 8.14. The molecule has 0 aromatic heterocycles. The molecule has 1 heterocycles. The maximum atomic E-state index is 12.9. The standard InChI is InChI=1S/C19H30N2O4/c1-13-7-9-19(10-8-13,18(24)25-2)20-16(22)15-4-3-11-21(12-15)17(23)14-5-6-14/h13-15H,3-12H2,1-2H3,(H,20,22). The lowest BCUT2D eigenvalue weighted by Gasteiger charge is -2.39. The molecule has 6 heteroatoms. The summed E-state index contributed by atoms with van der Waals surface area (Å²) in [5.74, 6) is 0.283. The minimum absolute atomic E-state index is 0.103. The normalized spacial score (nSPS) is 32.8. The Morgan fingerprint density at radius 2 is 1.72 bits per heavy atom. The second-order valence-electron chi connectivity index (χ2n) is 8.14. The maximum Gasteiger partial charge on any atom is 0.331 e. The number of esters is 1. The van der Waals surface area contributed by atoms with Crippen LogP contribution in [0.1, 0.15) is 58.3 Å². The van der Waals surface area contributed by atoms with Crippen molar-refractivity contribution in [2.45, 2.75) is 63.8 Å². The Labute approximate surface area is 149 Å². The Hall–Kier alpha value is -1.59. The Bertz CT molecular complexity index is 536. The molecule has 3 fully saturated rings. The Morgan fingerprint density at radius 1 is 1.04 bits per heavy atom. The van der Waals surface area contributed by atoms with E-state index in [0.29, 0.717) is 25.3 Å². The molecule has 1 aliphatic heterocycles. The molecular formula is C19H30N2O4. The first-order valence-corrected chi connectivity index (χ1v) is 9.64. The lowest BCUT2D eigenvalue weighted by atomic mass is 9.76. The Morgan fingerprint density at radius 3 is 2.32 bits per heavy atom. The van der Waals surface area contributed by atoms with Gasteiger partial charge < -0.3 is 15.0 Å². The third-order valence-corrected chi connectivity index (χ3v) is 6.10. The van der Waals surface area contributed by atoms with E-state index in [4.69, 9.17) is 4.74 Å². The molecular weight excluding hydrogens is 320 g/mol. The van der Waals surface area contributed by atoms with Crippen LogP contribution in [0.2, 0.25) is 0 Å². The summed E-state index contributed by atoms with van der Waals surface area (Å²) < 4.78 is 5.00. The van der Waals surface area contributed by atoms with Gasteiger partial charge in [0, 0.05) is 19.0 Å². The number of nitrogens with zero attached hydrogens (tertiary/aromatic N) is 1. The van der Waals surface area contributed by atoms with Crippen molar-refractivity contribution >= 4 is 17.8 Å². The van der Waals surface area contributed by atoms with Crippen molar-refractivity contribution in [2.75, 3.05) is 20.2 Å². The van der Waals surface area contributed by atoms with E-state index in [0.717, 1.165) is 45.1 Å². The van der Waals surface area contributed by atoms with Crippen LogP contribution in [0.4, 0.5) is 0 Å². The molecule has 2 aliphatic carbocycles. The van der Waals surface area contributed by atoms with E-state index in [1.165, 1.54) is 7.11 Å². The highest BCUT2D eigenvalue weighted by atomic mass is 16.5. The van der Waals surface area contributed by atoms with Crippen molar-refractivity contribution in [1.82, 2.24) is 10.2 Å². The summed E-state index contributed by atoms with van der Waals surface area (Å²) in [4.78, 5) is 39.4. The summed E-state index contributed by atoms with van der Waals surface area (Å²) in [6, 6.07) is 0. The van der Waals surface area contributed by atoms with Gasteiger partial charge in [0.1, 0.15) is 5.54 Å². The molecule has 1 N–H and O–H groups in total. The van der Waals surface area contributed by atoms with Gasteiger partial charge in [0.25, 0.3) is 0 Å². The molecule has 0 radical (unpaired) electrons. The monoisotopic (exact) mass is 350 g/mol. The Kier molecular flexibility index (Phi) is 5.35. The number of hydrogen-bond donors (Lipinski definition) is 1. The highest BCUT2D eigenvalue weighted by molar-refractivity contribution is 5.90. The molecule has 2 saturated carbocycles. The van der Waals surface area contributed by atoms with Crippen LogP contribution < -0.4 is 5.32 Å². The largest absolute Gasteiger partial charge is 0.467 e. The maximum absolute atomic E-state index is 12.9. The number of methoxy groups -OCH3 is 1. The number of rotatable bonds is 4. The summed E-state index contributed by atoms with van der Waals surface area (Å²) in [6.45, 7) is 3.40. The average molecular weight is 350 g/mol. The van der Waals surface area contributed by atoms with Crippen molar-refractivity contribution < 1.29 is 19.1 Å². The minimum Gasteiger partial charge on any atom is -0.467 e. The van der Waals surface area contributed by atoms with E-state index in [2.05, 4.69) is 12.2 Å². The summed E-state index contributed by atoms with van der Waals surface area (Å²) in [5.41, 5.74) is -0.888. The molecule has 0 bridgehead atoms. The number of hydrogen-bond acceptors (Lipinski definition) is 4. The lowest BCUT2D eigenvalue weighted by Crippen LogP contribution is -2.59. The van der Waals surface area contributed by atoms with Gasteiger partial charge in [-0.2, -0.15) is 0 Å². The fourth-order valence-electron chi connectivity index (χ4n) is 4.15. The van der Waals surface area contributed by atoms with E-state index in [1.54, 1.807) is 0 Å². The number of nitrogens with one attached hydrogen (secondary N) is 1. The van der Waals surface area contributed by atoms with Crippen LogP contribution in [-0.2, 0) is 19.1 Å². The van der Waals surface area contributed by atoms with Crippen molar-refractivity contribution in [3.63, 3.8) is 0 Å². The fourth-order valence-corrected chi connectivity index (χ4v) is 4.15. The fraction of sp³-hybridized carbons (Fsp3) is 0.842. The van der Waals surface area contributed by atoms with E-state index >= 15 is 0 Å². The van der Waals surface area contributed by atoms with Crippen LogP contribution in [0.15, 0.2) is 0 Å². The van der Waals surface area contributed by atoms with Crippen molar-refractivity contribution in [2.24, 2.45) is 17.8 Å². The molecule has 1 atom stereocenters. The molecule has 1 unspecified atom stereocenters. The van der Waals surface area contributed by atoms with E-state index < -0.39 is 5.54 Å². The van der Waals surface area contributed by atoms with Gasteiger partial charge in [-0.1, -0.05) is 6.92 Å². The summed E-state index contributed by atoms with van der Waals surface area (Å²) in [6.07, 6.45) is 6.66. The van der Waals surface area contributed by atoms with Gasteiger partial charge in [0.2, 0.25) is 11.8 Å². The van der Waals surface area contributed by atoms with Crippen molar-refractivity contribution in [3.05, 3.63) is 0 Å². The molecule has 0 aromatic rings. The van der Waals surface area contributed by atoms with Gasteiger partial charge in [-0.3, -0.25) is 9.59 Å². The van der Waals surface area contributed by atoms with Crippen molar-refractivity contribution in [1.29, 1.82) is 0 Å². The van der Waals surface area contributed by atoms with Crippen LogP contribution in [0.25, 0.3) is 0 Å². The zero-order valence-electron chi connectivity index (χ0n) is 15.4. The highest BCUT2D eigenvalue weighted by Crippen LogP contribution is 2.35. The molecule has 140 valence electrons. The number of carbonyl (C=O) groups excluding carboxylic acids is 3. The summed E-state index contributed by atoms with van der Waals surface area (Å²) in [7, 11) is 1.38. The van der Waals surface area contributed by atoms with E-state index in [-0.39, 0.29) is 29.6 Å². The van der Waals surface area contributed by atoms with Crippen molar-refractivity contribution in [3.8, 4) is 0 Å². The minimum atomic E-state index is -0.888. The number of likely N-dealkylation sites (tertiary alicyclic amines) is 1. The highest BCUT2D eigenvalue weighted by Gasteiger charge is 2.45. The van der Waals surface area contributed by atoms with Crippen LogP contribution >= 0.6 is 0 Å². The summed E-state index contributed by atoms with van der Waals surface area (Å²) in [5, 5.41) is 3.03. The third kappa shape index (κ3) is 3.98. The molecule has 3 aliphatic rings. The van der Waals surface area contributed by atoms with Crippen LogP contribution in [0.3, 0.4) is 0 Å². The molecule has 0 aromatic carbocycles. The predicted molar refractivity (Wildman–Crippen MR) is 92.5 cm³/mol. The lowest BCUT2D eigenvalue weighted by molar-refractivity contribution is -0.154. The Balaban J connectivity index is 1.64. The summed E-state index contributed by atoms with van der Waals surface area (Å²) >= 11 is 0. The van der Waals surface area contributed by atoms with Gasteiger partial charge in [-0.25, -0.2) is 4.79 Å². The number of carbonyl (C=O) groups is 3. The third-order valence-electron chi connectivity index (χ3n) is 6.10. The van der Waals surface area contributed by atoms with Crippen LogP contribution in [0.5, 0.6) is 0 Å². The second kappa shape index (κ2) is 7.34. The smallest absolute Gasteiger partial charge is 0.331 e. The first-order valence-electron chi connectivity index (χ1n) is 9.64. The SMILES string of the molecule is COC(=O)C1(NC(=O)C2CCCN(C(=O)C3CC3)C2)CCC(C)CC1. The topological polar surface area (TPSA) is 75.7 Å². The quantitative estimate of drug-likeness (QED) is 0.786. The number of ether oxygens (including phenoxy) is 1. The van der Waals surface area contributed by atoms with Gasteiger partial charge in [-0.15, -0.1) is 0 Å². The number of piperidine rings is 1. The van der Waals surface area contributed by atoms with Gasteiger partial charge >= 0.3 is 5.97 Å². The van der Waals surface area contributed by atoms with Gasteiger partial charge in [0.05, 0.1) is 13.0 Å². The average Bonchev–Trinajstić information content (AvgIpc) is 3.47. The molecule has 1 saturated heterocycles. The van der Waals surface area contributed by atoms with Gasteiger partial charge in [0.15, 0.2) is 0 Å². The first kappa shape index (κ1) is 18.2. The molecule has 25 heavy (non-hydrogen) atoms. The molecule has 2 amide bonds. The van der Waals surface area contributed by atoms with E-state index in [1.807, 2.05) is 4.90 Å². The predicted octanol–water partition coefficient (Wildman–Crippen LogP) is 1.87. The van der Waals surface area contributed by atoms with Gasteiger partial charge in [-0.05, 0) is 57.3 Å². The molecule has 3 rings (SSSR count).